The molecule has 0 aliphatic carbocycles. The zero-order chi connectivity index (χ0) is 13.8. The van der Waals surface area contributed by atoms with Gasteiger partial charge in [0.05, 0.1) is 15.7 Å². The number of benzene rings is 1. The molecule has 0 aliphatic heterocycles. The number of hydrogen-bond acceptors (Lipinski definition) is 3. The smallest absolute Gasteiger partial charge is 0.295 e. The molecular weight excluding hydrogens is 287 g/mol. The van der Waals surface area contributed by atoms with Crippen LogP contribution in [-0.4, -0.2) is 21.1 Å². The van der Waals surface area contributed by atoms with Crippen LogP contribution in [0, 0.1) is 0 Å². The molecule has 0 saturated carbocycles. The summed E-state index contributed by atoms with van der Waals surface area (Å²) in [6.07, 6.45) is 1.67. The summed E-state index contributed by atoms with van der Waals surface area (Å²) < 4.78 is 0. The van der Waals surface area contributed by atoms with Crippen LogP contribution in [0.15, 0.2) is 18.2 Å². The standard InChI is InChI=1S/C12H12Cl2N4O/c1-2-4-9-15-11(18-17-9)12(19)16-10-7(13)5-3-6-8(10)14/h3,5-6H,2,4H2,1H3,(H,16,19)(H,15,17,18). The fourth-order valence-electron chi connectivity index (χ4n) is 1.53. The van der Waals surface area contributed by atoms with Crippen molar-refractivity contribution in [2.75, 3.05) is 5.32 Å². The van der Waals surface area contributed by atoms with Gasteiger partial charge < -0.3 is 5.32 Å². The number of H-pyrrole nitrogens is 1. The minimum absolute atomic E-state index is 0.0689. The third kappa shape index (κ3) is 3.24. The monoisotopic (exact) mass is 298 g/mol. The van der Waals surface area contributed by atoms with Gasteiger partial charge in [-0.3, -0.25) is 9.89 Å². The number of halogens is 2. The number of nitrogens with zero attached hydrogens (tertiary/aromatic N) is 2. The molecule has 0 radical (unpaired) electrons. The molecule has 100 valence electrons. The number of aromatic nitrogens is 3. The lowest BCUT2D eigenvalue weighted by molar-refractivity contribution is 0.101. The van der Waals surface area contributed by atoms with Gasteiger partial charge in [-0.05, 0) is 18.6 Å². The lowest BCUT2D eigenvalue weighted by atomic mass is 10.3. The quantitative estimate of drug-likeness (QED) is 0.909. The zero-order valence-electron chi connectivity index (χ0n) is 10.2. The molecule has 0 aliphatic rings. The average Bonchev–Trinajstić information content (AvgIpc) is 2.83. The topological polar surface area (TPSA) is 70.7 Å². The number of nitrogens with one attached hydrogen (secondary N) is 2. The van der Waals surface area contributed by atoms with Crippen LogP contribution in [0.4, 0.5) is 5.69 Å². The van der Waals surface area contributed by atoms with Gasteiger partial charge in [-0.15, -0.1) is 5.10 Å². The average molecular weight is 299 g/mol. The van der Waals surface area contributed by atoms with Crippen LogP contribution in [0.1, 0.15) is 29.8 Å². The van der Waals surface area contributed by atoms with Crippen molar-refractivity contribution < 1.29 is 4.79 Å². The summed E-state index contributed by atoms with van der Waals surface area (Å²) in [4.78, 5) is 16.1. The largest absolute Gasteiger partial charge is 0.317 e. The highest BCUT2D eigenvalue weighted by atomic mass is 35.5. The van der Waals surface area contributed by atoms with Crippen molar-refractivity contribution in [3.05, 3.63) is 39.9 Å². The molecule has 0 fully saturated rings. The summed E-state index contributed by atoms with van der Waals surface area (Å²) in [5, 5.41) is 9.90. The van der Waals surface area contributed by atoms with Crippen LogP contribution < -0.4 is 5.32 Å². The molecule has 2 aromatic rings. The molecule has 7 heteroatoms. The number of aryl methyl sites for hydroxylation is 1. The SMILES string of the molecule is CCCc1nc(C(=O)Nc2c(Cl)cccc2Cl)n[nH]1. The molecule has 0 unspecified atom stereocenters. The van der Waals surface area contributed by atoms with Gasteiger partial charge in [0, 0.05) is 6.42 Å². The highest BCUT2D eigenvalue weighted by molar-refractivity contribution is 6.39. The molecule has 1 heterocycles. The lowest BCUT2D eigenvalue weighted by Crippen LogP contribution is -2.14. The van der Waals surface area contributed by atoms with E-state index in [2.05, 4.69) is 20.5 Å². The maximum absolute atomic E-state index is 12.0. The third-order valence-corrected chi connectivity index (χ3v) is 3.05. The van der Waals surface area contributed by atoms with Gasteiger partial charge in [0.2, 0.25) is 5.82 Å². The number of amides is 1. The van der Waals surface area contributed by atoms with Gasteiger partial charge in [0.1, 0.15) is 5.82 Å². The van der Waals surface area contributed by atoms with Crippen molar-refractivity contribution >= 4 is 34.8 Å². The van der Waals surface area contributed by atoms with Gasteiger partial charge in [-0.25, -0.2) is 4.98 Å². The number of hydrogen-bond donors (Lipinski definition) is 2. The number of carbonyl (C=O) groups excluding carboxylic acids is 1. The Morgan fingerprint density at radius 1 is 1.37 bits per heavy atom. The summed E-state index contributed by atoms with van der Waals surface area (Å²) in [6, 6.07) is 4.99. The first-order chi connectivity index (χ1) is 9.11. The number of carbonyl (C=O) groups is 1. The maximum atomic E-state index is 12.0. The molecule has 1 aromatic carbocycles. The second-order valence-electron chi connectivity index (χ2n) is 3.91. The second kappa shape index (κ2) is 6.04. The van der Waals surface area contributed by atoms with Crippen LogP contribution in [0.25, 0.3) is 0 Å². The van der Waals surface area contributed by atoms with Crippen molar-refractivity contribution in [1.29, 1.82) is 0 Å². The van der Waals surface area contributed by atoms with Gasteiger partial charge >= 0.3 is 0 Å². The molecule has 2 rings (SSSR count). The van der Waals surface area contributed by atoms with Crippen LogP contribution in [0.3, 0.4) is 0 Å². The van der Waals surface area contributed by atoms with Crippen molar-refractivity contribution in [1.82, 2.24) is 15.2 Å². The zero-order valence-corrected chi connectivity index (χ0v) is 11.7. The normalized spacial score (nSPS) is 10.5. The van der Waals surface area contributed by atoms with E-state index in [0.29, 0.717) is 21.6 Å². The molecule has 1 amide bonds. The predicted octanol–water partition coefficient (Wildman–Crippen LogP) is 3.32. The Bertz CT molecular complexity index is 577. The van der Waals surface area contributed by atoms with E-state index >= 15 is 0 Å². The molecule has 5 nitrogen and oxygen atoms in total. The molecule has 1 aromatic heterocycles. The van der Waals surface area contributed by atoms with Crippen molar-refractivity contribution in [2.24, 2.45) is 0 Å². The Balaban J connectivity index is 2.16. The minimum Gasteiger partial charge on any atom is -0.317 e. The highest BCUT2D eigenvalue weighted by Crippen LogP contribution is 2.29. The Hall–Kier alpha value is -1.59. The Morgan fingerprint density at radius 3 is 2.68 bits per heavy atom. The second-order valence-corrected chi connectivity index (χ2v) is 4.72. The number of anilines is 1. The predicted molar refractivity (Wildman–Crippen MR) is 74.8 cm³/mol. The van der Waals surface area contributed by atoms with E-state index in [1.807, 2.05) is 6.92 Å². The molecule has 19 heavy (non-hydrogen) atoms. The van der Waals surface area contributed by atoms with E-state index < -0.39 is 5.91 Å². The molecular formula is C12H12Cl2N4O. The van der Waals surface area contributed by atoms with E-state index in [4.69, 9.17) is 23.2 Å². The first-order valence-electron chi connectivity index (χ1n) is 5.78. The van der Waals surface area contributed by atoms with Crippen molar-refractivity contribution in [3.63, 3.8) is 0 Å². The molecule has 0 bridgehead atoms. The fourth-order valence-corrected chi connectivity index (χ4v) is 2.02. The summed E-state index contributed by atoms with van der Waals surface area (Å²) in [6.45, 7) is 2.02. The minimum atomic E-state index is -0.450. The van der Waals surface area contributed by atoms with Crippen LogP contribution in [-0.2, 0) is 6.42 Å². The Kier molecular flexibility index (Phi) is 4.39. The number of rotatable bonds is 4. The summed E-state index contributed by atoms with van der Waals surface area (Å²) >= 11 is 11.9. The van der Waals surface area contributed by atoms with Crippen LogP contribution in [0.2, 0.25) is 10.0 Å². The van der Waals surface area contributed by atoms with Crippen molar-refractivity contribution in [3.8, 4) is 0 Å². The van der Waals surface area contributed by atoms with E-state index in [1.165, 1.54) is 0 Å². The molecule has 0 spiro atoms. The molecule has 0 atom stereocenters. The molecule has 0 saturated heterocycles. The molecule has 2 N–H and O–H groups in total. The van der Waals surface area contributed by atoms with Crippen molar-refractivity contribution in [2.45, 2.75) is 19.8 Å². The van der Waals surface area contributed by atoms with Crippen LogP contribution >= 0.6 is 23.2 Å². The summed E-state index contributed by atoms with van der Waals surface area (Å²) in [5.74, 6) is 0.297. The maximum Gasteiger partial charge on any atom is 0.295 e. The van der Waals surface area contributed by atoms with Gasteiger partial charge in [0.25, 0.3) is 5.91 Å². The summed E-state index contributed by atoms with van der Waals surface area (Å²) in [7, 11) is 0. The van der Waals surface area contributed by atoms with Gasteiger partial charge in [-0.2, -0.15) is 0 Å². The third-order valence-electron chi connectivity index (χ3n) is 2.42. The lowest BCUT2D eigenvalue weighted by Gasteiger charge is -2.06. The van der Waals surface area contributed by atoms with E-state index in [1.54, 1.807) is 18.2 Å². The van der Waals surface area contributed by atoms with Crippen LogP contribution in [0.5, 0.6) is 0 Å². The fraction of sp³-hybridized carbons (Fsp3) is 0.250. The van der Waals surface area contributed by atoms with E-state index in [-0.39, 0.29) is 5.82 Å². The Morgan fingerprint density at radius 2 is 2.05 bits per heavy atom. The number of para-hydroxylation sites is 1. The van der Waals surface area contributed by atoms with E-state index in [0.717, 1.165) is 12.8 Å². The van der Waals surface area contributed by atoms with E-state index in [9.17, 15) is 4.79 Å². The summed E-state index contributed by atoms with van der Waals surface area (Å²) in [5.41, 5.74) is 0.359. The Labute approximate surface area is 120 Å². The number of aromatic amines is 1. The highest BCUT2D eigenvalue weighted by Gasteiger charge is 2.15. The first kappa shape index (κ1) is 13.8. The first-order valence-corrected chi connectivity index (χ1v) is 6.54. The van der Waals surface area contributed by atoms with Gasteiger partial charge in [0.15, 0.2) is 0 Å². The van der Waals surface area contributed by atoms with Gasteiger partial charge in [-0.1, -0.05) is 36.2 Å².